The summed E-state index contributed by atoms with van der Waals surface area (Å²) in [6, 6.07) is 85.0. The van der Waals surface area contributed by atoms with Gasteiger partial charge in [0.25, 0.3) is 0 Å². The molecule has 0 bridgehead atoms. The van der Waals surface area contributed by atoms with Crippen molar-refractivity contribution in [2.75, 3.05) is 0 Å². The topological polar surface area (TPSA) is 12.9 Å². The third-order valence-electron chi connectivity index (χ3n) is 13.5. The lowest BCUT2D eigenvalue weighted by Gasteiger charge is -2.34. The van der Waals surface area contributed by atoms with Gasteiger partial charge in [-0.25, -0.2) is 4.98 Å². The molecule has 10 aromatic carbocycles. The second-order valence-corrected chi connectivity index (χ2v) is 16.8. The summed E-state index contributed by atoms with van der Waals surface area (Å²) in [4.78, 5) is 5.50. The van der Waals surface area contributed by atoms with Crippen LogP contribution in [-0.4, -0.2) is 4.98 Å². The summed E-state index contributed by atoms with van der Waals surface area (Å²) in [5.74, 6) is 0. The van der Waals surface area contributed by atoms with Gasteiger partial charge in [-0.3, -0.25) is 0 Å². The van der Waals surface area contributed by atoms with Crippen LogP contribution in [0.1, 0.15) is 34.7 Å². The highest BCUT2D eigenvalue weighted by Crippen LogP contribution is 2.57. The van der Waals surface area contributed by atoms with Crippen molar-refractivity contribution >= 4 is 32.3 Å². The Morgan fingerprint density at radius 2 is 0.889 bits per heavy atom. The lowest BCUT2D eigenvalue weighted by Crippen LogP contribution is -2.28. The Kier molecular flexibility index (Phi) is 8.76. The second kappa shape index (κ2) is 14.9. The number of benzene rings is 10. The van der Waals surface area contributed by atoms with Gasteiger partial charge in [0.1, 0.15) is 0 Å². The molecule has 0 atom stereocenters. The fourth-order valence-corrected chi connectivity index (χ4v) is 10.8. The van der Waals surface area contributed by atoms with Gasteiger partial charge in [0.2, 0.25) is 0 Å². The monoisotopic (exact) mass is 801 g/mol. The van der Waals surface area contributed by atoms with Crippen molar-refractivity contribution in [2.45, 2.75) is 18.8 Å². The summed E-state index contributed by atoms with van der Waals surface area (Å²) in [6.45, 7) is 2.24. The van der Waals surface area contributed by atoms with Gasteiger partial charge in [-0.05, 0) is 118 Å². The smallest absolute Gasteiger partial charge is 0.0747 e. The maximum Gasteiger partial charge on any atom is 0.0747 e. The van der Waals surface area contributed by atoms with Crippen LogP contribution in [0, 0.1) is 0 Å². The number of hydrogen-bond donors (Lipinski definition) is 0. The van der Waals surface area contributed by atoms with Crippen molar-refractivity contribution in [3.05, 3.63) is 258 Å². The molecule has 63 heavy (non-hydrogen) atoms. The summed E-state index contributed by atoms with van der Waals surface area (Å²) < 4.78 is 0. The van der Waals surface area contributed by atoms with Crippen LogP contribution in [0.15, 0.2) is 231 Å². The second-order valence-electron chi connectivity index (χ2n) is 16.8. The molecule has 12 rings (SSSR count). The van der Waals surface area contributed by atoms with Crippen LogP contribution < -0.4 is 0 Å². The molecule has 1 nitrogen and oxygen atoms in total. The summed E-state index contributed by atoms with van der Waals surface area (Å²) in [5.41, 5.74) is 17.7. The van der Waals surface area contributed by atoms with Crippen molar-refractivity contribution < 1.29 is 0 Å². The molecule has 0 saturated heterocycles. The van der Waals surface area contributed by atoms with E-state index in [1.807, 2.05) is 0 Å². The van der Waals surface area contributed by atoms with E-state index in [1.165, 1.54) is 93.5 Å². The van der Waals surface area contributed by atoms with E-state index >= 15 is 0 Å². The van der Waals surface area contributed by atoms with E-state index in [0.29, 0.717) is 0 Å². The average molecular weight is 802 g/mol. The van der Waals surface area contributed by atoms with Crippen molar-refractivity contribution in [1.29, 1.82) is 0 Å². The van der Waals surface area contributed by atoms with E-state index < -0.39 is 5.41 Å². The van der Waals surface area contributed by atoms with Crippen LogP contribution in [0.5, 0.6) is 0 Å². The first kappa shape index (κ1) is 36.9. The molecule has 0 radical (unpaired) electrons. The molecule has 1 heteroatoms. The molecule has 1 aliphatic carbocycles. The first-order chi connectivity index (χ1) is 31.2. The van der Waals surface area contributed by atoms with Gasteiger partial charge in [-0.15, -0.1) is 0 Å². The molecule has 0 amide bonds. The van der Waals surface area contributed by atoms with Crippen molar-refractivity contribution in [3.63, 3.8) is 0 Å². The van der Waals surface area contributed by atoms with Gasteiger partial charge in [-0.1, -0.05) is 219 Å². The molecule has 0 spiro atoms. The fraction of sp³-hybridized carbons (Fsp3) is 0.0484. The van der Waals surface area contributed by atoms with E-state index in [2.05, 4.69) is 237 Å². The van der Waals surface area contributed by atoms with E-state index in [9.17, 15) is 0 Å². The summed E-state index contributed by atoms with van der Waals surface area (Å²) >= 11 is 0. The zero-order chi connectivity index (χ0) is 41.9. The quantitative estimate of drug-likeness (QED) is 0.146. The van der Waals surface area contributed by atoms with E-state index in [0.717, 1.165) is 28.9 Å². The molecule has 1 heterocycles. The van der Waals surface area contributed by atoms with E-state index in [-0.39, 0.29) is 0 Å². The molecule has 0 N–H and O–H groups in total. The van der Waals surface area contributed by atoms with Crippen LogP contribution in [0.3, 0.4) is 0 Å². The van der Waals surface area contributed by atoms with Gasteiger partial charge in [-0.2, -0.15) is 0 Å². The number of aromatic nitrogens is 1. The minimum absolute atomic E-state index is 0.476. The normalized spacial score (nSPS) is 12.7. The average Bonchev–Trinajstić information content (AvgIpc) is 3.67. The number of hydrogen-bond acceptors (Lipinski definition) is 1. The first-order valence-corrected chi connectivity index (χ1v) is 22.1. The molecule has 0 fully saturated rings. The maximum atomic E-state index is 5.50. The third kappa shape index (κ3) is 5.74. The molecule has 0 saturated carbocycles. The molecular formula is C62H43N. The summed E-state index contributed by atoms with van der Waals surface area (Å²) in [5, 5.41) is 7.48. The molecule has 296 valence electrons. The minimum Gasteiger partial charge on any atom is -0.247 e. The Hall–Kier alpha value is -7.87. The molecule has 1 aliphatic rings. The Bertz CT molecular complexity index is 3420. The standard InChI is InChI=1S/C62H43N/c1-2-47-55(41-20-7-3-8-21-41)40-59(63-61(47)42-22-9-4-10-23-42)44-35-37-54-56(38-44)50-29-16-15-28-49(50)53-32-19-31-48(60(53)54)43-34-36-52-51-30-17-18-33-57(51)62(58(52)39-43,45-24-11-5-12-25-45)46-26-13-6-14-27-46/h3-40H,2H2,1H3. The lowest BCUT2D eigenvalue weighted by molar-refractivity contribution is 0.769. The Labute approximate surface area is 368 Å². The van der Waals surface area contributed by atoms with Crippen molar-refractivity contribution in [1.82, 2.24) is 4.98 Å². The number of rotatable bonds is 7. The number of pyridine rings is 1. The summed E-state index contributed by atoms with van der Waals surface area (Å²) in [6.07, 6.45) is 0.880. The van der Waals surface area contributed by atoms with Crippen LogP contribution in [0.4, 0.5) is 0 Å². The Morgan fingerprint density at radius 1 is 0.349 bits per heavy atom. The molecule has 1 aromatic heterocycles. The van der Waals surface area contributed by atoms with Crippen LogP contribution in [0.25, 0.3) is 88.2 Å². The van der Waals surface area contributed by atoms with Crippen LogP contribution in [-0.2, 0) is 11.8 Å². The van der Waals surface area contributed by atoms with Gasteiger partial charge >= 0.3 is 0 Å². The molecular weight excluding hydrogens is 759 g/mol. The largest absolute Gasteiger partial charge is 0.247 e. The highest BCUT2D eigenvalue weighted by atomic mass is 14.7. The lowest BCUT2D eigenvalue weighted by atomic mass is 9.67. The summed E-state index contributed by atoms with van der Waals surface area (Å²) in [7, 11) is 0. The SMILES string of the molecule is CCc1c(-c2ccccc2)cc(-c2ccc3c(c2)c2ccccc2c2cccc(-c4ccc5c(c4)C(c4ccccc4)(c4ccccc4)c4ccccc4-5)c23)nc1-c1ccccc1. The third-order valence-corrected chi connectivity index (χ3v) is 13.5. The number of nitrogens with zero attached hydrogens (tertiary/aromatic N) is 1. The number of fused-ring (bicyclic) bond motifs is 9. The zero-order valence-electron chi connectivity index (χ0n) is 35.1. The highest BCUT2D eigenvalue weighted by Gasteiger charge is 2.46. The predicted molar refractivity (Wildman–Crippen MR) is 265 cm³/mol. The van der Waals surface area contributed by atoms with Gasteiger partial charge in [0, 0.05) is 11.1 Å². The zero-order valence-corrected chi connectivity index (χ0v) is 35.1. The first-order valence-electron chi connectivity index (χ1n) is 22.1. The van der Waals surface area contributed by atoms with Crippen molar-refractivity contribution in [3.8, 4) is 55.9 Å². The van der Waals surface area contributed by atoms with E-state index in [1.54, 1.807) is 0 Å². The molecule has 0 unspecified atom stereocenters. The van der Waals surface area contributed by atoms with Gasteiger partial charge in [0.15, 0.2) is 0 Å². The predicted octanol–water partition coefficient (Wildman–Crippen LogP) is 16.1. The Morgan fingerprint density at radius 3 is 1.59 bits per heavy atom. The van der Waals surface area contributed by atoms with Crippen LogP contribution in [0.2, 0.25) is 0 Å². The van der Waals surface area contributed by atoms with E-state index in [4.69, 9.17) is 4.98 Å². The van der Waals surface area contributed by atoms with Crippen molar-refractivity contribution in [2.24, 2.45) is 0 Å². The van der Waals surface area contributed by atoms with Crippen LogP contribution >= 0.6 is 0 Å². The Balaban J connectivity index is 1.11. The maximum absolute atomic E-state index is 5.50. The minimum atomic E-state index is -0.476. The fourth-order valence-electron chi connectivity index (χ4n) is 10.8. The molecule has 11 aromatic rings. The van der Waals surface area contributed by atoms with Gasteiger partial charge < -0.3 is 0 Å². The molecule has 0 aliphatic heterocycles. The van der Waals surface area contributed by atoms with Gasteiger partial charge in [0.05, 0.1) is 16.8 Å². The highest BCUT2D eigenvalue weighted by molar-refractivity contribution is 6.29.